The third kappa shape index (κ3) is 6.68. The van der Waals surface area contributed by atoms with Crippen molar-refractivity contribution in [2.24, 2.45) is 12.0 Å². The molecule has 1 fully saturated rings. The van der Waals surface area contributed by atoms with E-state index in [-0.39, 0.29) is 35.8 Å². The van der Waals surface area contributed by atoms with Crippen LogP contribution in [-0.2, 0) is 20.1 Å². The highest BCUT2D eigenvalue weighted by Crippen LogP contribution is 2.24. The van der Waals surface area contributed by atoms with Gasteiger partial charge in [-0.2, -0.15) is 0 Å². The van der Waals surface area contributed by atoms with Crippen molar-refractivity contribution in [2.75, 3.05) is 18.0 Å². The number of guanidine groups is 1. The lowest BCUT2D eigenvalue weighted by molar-refractivity contribution is 0.462. The Balaban J connectivity index is 0.00000324. The van der Waals surface area contributed by atoms with E-state index < -0.39 is 0 Å². The molecule has 0 radical (unpaired) electrons. The zero-order valence-electron chi connectivity index (χ0n) is 20.0. The molecule has 1 saturated heterocycles. The molecule has 0 spiro atoms. The summed E-state index contributed by atoms with van der Waals surface area (Å²) in [5, 5.41) is 15.4. The van der Waals surface area contributed by atoms with Crippen molar-refractivity contribution in [3.05, 3.63) is 77.1 Å². The standard InChI is InChI=1S/C25H32FN7.HI/c1-18-11-12-22(26)23(14-18)33-13-7-10-21(17-33)29-25(27-15-20-8-5-4-6-9-20)28-16-24-31-30-19(2)32(24)3;/h4-6,8-9,11-12,14,21H,7,10,13,15-17H2,1-3H3,(H2,27,28,29);1H. The van der Waals surface area contributed by atoms with Crippen molar-refractivity contribution >= 4 is 35.6 Å². The number of anilines is 1. The molecular weight excluding hydrogens is 544 g/mol. The van der Waals surface area contributed by atoms with Crippen LogP contribution in [0.5, 0.6) is 0 Å². The average Bonchev–Trinajstić information content (AvgIpc) is 3.15. The Morgan fingerprint density at radius 3 is 2.68 bits per heavy atom. The van der Waals surface area contributed by atoms with Gasteiger partial charge in [-0.05, 0) is 49.9 Å². The summed E-state index contributed by atoms with van der Waals surface area (Å²) >= 11 is 0. The highest BCUT2D eigenvalue weighted by Gasteiger charge is 2.23. The molecule has 7 nitrogen and oxygen atoms in total. The molecule has 1 unspecified atom stereocenters. The van der Waals surface area contributed by atoms with Crippen LogP contribution in [0.3, 0.4) is 0 Å². The quantitative estimate of drug-likeness (QED) is 0.263. The molecule has 0 amide bonds. The van der Waals surface area contributed by atoms with Crippen LogP contribution in [0.25, 0.3) is 0 Å². The Hall–Kier alpha value is -2.69. The van der Waals surface area contributed by atoms with Crippen molar-refractivity contribution in [3.63, 3.8) is 0 Å². The molecular formula is C25H33FIN7. The van der Waals surface area contributed by atoms with Gasteiger partial charge in [0.2, 0.25) is 0 Å². The zero-order chi connectivity index (χ0) is 23.2. The number of halogens is 2. The van der Waals surface area contributed by atoms with Crippen LogP contribution in [0.1, 0.15) is 35.6 Å². The summed E-state index contributed by atoms with van der Waals surface area (Å²) in [6.45, 7) is 6.57. The van der Waals surface area contributed by atoms with Crippen molar-refractivity contribution in [3.8, 4) is 0 Å². The molecule has 9 heteroatoms. The van der Waals surface area contributed by atoms with E-state index in [9.17, 15) is 4.39 Å². The van der Waals surface area contributed by atoms with Gasteiger partial charge < -0.3 is 20.1 Å². The van der Waals surface area contributed by atoms with E-state index in [1.54, 1.807) is 6.07 Å². The number of hydrogen-bond donors (Lipinski definition) is 2. The van der Waals surface area contributed by atoms with Crippen LogP contribution >= 0.6 is 24.0 Å². The summed E-state index contributed by atoms with van der Waals surface area (Å²) < 4.78 is 16.5. The lowest BCUT2D eigenvalue weighted by Crippen LogP contribution is -2.51. The van der Waals surface area contributed by atoms with E-state index in [1.165, 1.54) is 0 Å². The van der Waals surface area contributed by atoms with Crippen LogP contribution in [0.4, 0.5) is 10.1 Å². The van der Waals surface area contributed by atoms with E-state index in [0.29, 0.717) is 18.8 Å². The van der Waals surface area contributed by atoms with E-state index in [0.717, 1.165) is 54.7 Å². The number of aromatic nitrogens is 3. The van der Waals surface area contributed by atoms with Gasteiger partial charge in [0.25, 0.3) is 0 Å². The Bertz CT molecular complexity index is 1100. The molecule has 34 heavy (non-hydrogen) atoms. The monoisotopic (exact) mass is 577 g/mol. The van der Waals surface area contributed by atoms with Gasteiger partial charge in [-0.3, -0.25) is 0 Å². The van der Waals surface area contributed by atoms with Gasteiger partial charge in [0, 0.05) is 26.2 Å². The highest BCUT2D eigenvalue weighted by molar-refractivity contribution is 14.0. The van der Waals surface area contributed by atoms with Gasteiger partial charge in [-0.1, -0.05) is 36.4 Å². The molecule has 1 aliphatic rings. The molecule has 0 aliphatic carbocycles. The molecule has 1 aliphatic heterocycles. The number of benzene rings is 2. The first kappa shape index (κ1) is 25.9. The first-order valence-corrected chi connectivity index (χ1v) is 11.4. The number of nitrogens with one attached hydrogen (secondary N) is 2. The molecule has 2 N–H and O–H groups in total. The first-order chi connectivity index (χ1) is 16.0. The van der Waals surface area contributed by atoms with Crippen LogP contribution in [0.15, 0.2) is 53.5 Å². The minimum atomic E-state index is -0.171. The summed E-state index contributed by atoms with van der Waals surface area (Å²) in [6, 6.07) is 15.6. The van der Waals surface area contributed by atoms with Crippen molar-refractivity contribution in [2.45, 2.75) is 45.8 Å². The number of rotatable bonds is 6. The molecule has 182 valence electrons. The van der Waals surface area contributed by atoms with Gasteiger partial charge in [0.1, 0.15) is 11.6 Å². The molecule has 2 heterocycles. The second-order valence-corrected chi connectivity index (χ2v) is 8.61. The third-order valence-electron chi connectivity index (χ3n) is 6.06. The SMILES string of the molecule is Cc1ccc(F)c(N2CCCC(NC(=NCc3ccccc3)NCc3nnc(C)n3C)C2)c1.I. The first-order valence-electron chi connectivity index (χ1n) is 11.4. The topological polar surface area (TPSA) is 70.4 Å². The summed E-state index contributed by atoms with van der Waals surface area (Å²) in [4.78, 5) is 6.94. The van der Waals surface area contributed by atoms with Crippen LogP contribution in [0, 0.1) is 19.7 Å². The summed E-state index contributed by atoms with van der Waals surface area (Å²) in [7, 11) is 1.95. The molecule has 4 rings (SSSR count). The largest absolute Gasteiger partial charge is 0.367 e. The zero-order valence-corrected chi connectivity index (χ0v) is 22.3. The smallest absolute Gasteiger partial charge is 0.192 e. The fourth-order valence-electron chi connectivity index (χ4n) is 4.05. The van der Waals surface area contributed by atoms with Gasteiger partial charge >= 0.3 is 0 Å². The fraction of sp³-hybridized carbons (Fsp3) is 0.400. The van der Waals surface area contributed by atoms with Crippen LogP contribution in [0.2, 0.25) is 0 Å². The van der Waals surface area contributed by atoms with Gasteiger partial charge in [-0.15, -0.1) is 34.2 Å². The fourth-order valence-corrected chi connectivity index (χ4v) is 4.05. The van der Waals surface area contributed by atoms with Crippen molar-refractivity contribution in [1.29, 1.82) is 0 Å². The van der Waals surface area contributed by atoms with Crippen LogP contribution in [-0.4, -0.2) is 39.9 Å². The van der Waals surface area contributed by atoms with Crippen LogP contribution < -0.4 is 15.5 Å². The lowest BCUT2D eigenvalue weighted by Gasteiger charge is -2.35. The molecule has 0 saturated carbocycles. The third-order valence-corrected chi connectivity index (χ3v) is 6.06. The molecule has 2 aromatic carbocycles. The van der Waals surface area contributed by atoms with E-state index >= 15 is 0 Å². The summed E-state index contributed by atoms with van der Waals surface area (Å²) in [6.07, 6.45) is 1.98. The number of aryl methyl sites for hydroxylation is 2. The van der Waals surface area contributed by atoms with E-state index in [4.69, 9.17) is 4.99 Å². The highest BCUT2D eigenvalue weighted by atomic mass is 127. The number of nitrogens with zero attached hydrogens (tertiary/aromatic N) is 5. The summed E-state index contributed by atoms with van der Waals surface area (Å²) in [5.74, 6) is 2.26. The Labute approximate surface area is 217 Å². The number of hydrogen-bond acceptors (Lipinski definition) is 4. The minimum Gasteiger partial charge on any atom is -0.367 e. The lowest BCUT2D eigenvalue weighted by atomic mass is 10.0. The number of piperidine rings is 1. The Morgan fingerprint density at radius 2 is 1.94 bits per heavy atom. The number of aliphatic imine (C=N–C) groups is 1. The van der Waals surface area contributed by atoms with Crippen molar-refractivity contribution in [1.82, 2.24) is 25.4 Å². The Kier molecular flexibility index (Phi) is 9.26. The van der Waals surface area contributed by atoms with E-state index in [2.05, 4.69) is 37.9 Å². The second-order valence-electron chi connectivity index (χ2n) is 8.61. The minimum absolute atomic E-state index is 0. The predicted molar refractivity (Wildman–Crippen MR) is 145 cm³/mol. The van der Waals surface area contributed by atoms with Gasteiger partial charge in [0.15, 0.2) is 11.8 Å². The molecule has 3 aromatic rings. The maximum absolute atomic E-state index is 14.5. The van der Waals surface area contributed by atoms with Crippen molar-refractivity contribution < 1.29 is 4.39 Å². The van der Waals surface area contributed by atoms with Gasteiger partial charge in [0.05, 0.1) is 18.8 Å². The molecule has 1 aromatic heterocycles. The molecule has 1 atom stereocenters. The second kappa shape index (κ2) is 12.1. The normalized spacial score (nSPS) is 16.2. The Morgan fingerprint density at radius 1 is 1.15 bits per heavy atom. The maximum Gasteiger partial charge on any atom is 0.192 e. The molecule has 0 bridgehead atoms. The predicted octanol–water partition coefficient (Wildman–Crippen LogP) is 4.09. The maximum atomic E-state index is 14.5. The van der Waals surface area contributed by atoms with E-state index in [1.807, 2.05) is 55.8 Å². The van der Waals surface area contributed by atoms with Gasteiger partial charge in [-0.25, -0.2) is 9.38 Å². The summed E-state index contributed by atoms with van der Waals surface area (Å²) in [5.41, 5.74) is 2.87. The average molecular weight is 577 g/mol.